The minimum Gasteiger partial charge on any atom is -0.294 e. The first-order chi connectivity index (χ1) is 8.75. The summed E-state index contributed by atoms with van der Waals surface area (Å²) in [5.41, 5.74) is 0.844. The number of Topliss-reactive ketones (excluding diaryl/α,β-unsaturated/α-hetero) is 1. The summed E-state index contributed by atoms with van der Waals surface area (Å²) in [4.78, 5) is 11.7. The lowest BCUT2D eigenvalue weighted by Gasteiger charge is -2.03. The lowest BCUT2D eigenvalue weighted by molar-refractivity contribution is 0.101. The highest BCUT2D eigenvalue weighted by atomic mass is 32.1. The van der Waals surface area contributed by atoms with Crippen LogP contribution >= 0.6 is 11.3 Å². The van der Waals surface area contributed by atoms with E-state index in [-0.39, 0.29) is 5.78 Å². The zero-order valence-corrected chi connectivity index (χ0v) is 10.7. The molecule has 0 radical (unpaired) electrons. The van der Waals surface area contributed by atoms with Crippen molar-refractivity contribution in [1.82, 2.24) is 0 Å². The van der Waals surface area contributed by atoms with Crippen LogP contribution < -0.4 is 0 Å². The minimum atomic E-state index is 0.143. The SMILES string of the molecule is CC(=O)c1ccc2ccc3cccc4sc1c2c34. The Labute approximate surface area is 108 Å². The van der Waals surface area contributed by atoms with Gasteiger partial charge < -0.3 is 0 Å². The standard InChI is InChI=1S/C16H10OS/c1-9(17)12-8-7-11-6-5-10-3-2-4-13-14(10)15(11)16(12)18-13/h2-8H,1H3. The molecular weight excluding hydrogens is 240 g/mol. The molecule has 2 heteroatoms. The van der Waals surface area contributed by atoms with E-state index < -0.39 is 0 Å². The molecule has 1 nitrogen and oxygen atoms in total. The smallest absolute Gasteiger partial charge is 0.161 e. The van der Waals surface area contributed by atoms with E-state index in [4.69, 9.17) is 0 Å². The van der Waals surface area contributed by atoms with Gasteiger partial charge in [0.05, 0.1) is 0 Å². The molecule has 18 heavy (non-hydrogen) atoms. The van der Waals surface area contributed by atoms with Crippen molar-refractivity contribution in [3.05, 3.63) is 48.0 Å². The van der Waals surface area contributed by atoms with E-state index in [1.165, 1.54) is 26.2 Å². The number of ketones is 1. The van der Waals surface area contributed by atoms with Gasteiger partial charge in [-0.25, -0.2) is 0 Å². The number of hydrogen-bond donors (Lipinski definition) is 0. The van der Waals surface area contributed by atoms with E-state index >= 15 is 0 Å². The highest BCUT2D eigenvalue weighted by Crippen LogP contribution is 2.41. The number of carbonyl (C=O) groups excluding carboxylic acids is 1. The molecule has 4 rings (SSSR count). The molecule has 0 saturated heterocycles. The van der Waals surface area contributed by atoms with Crippen molar-refractivity contribution in [2.75, 3.05) is 0 Å². The van der Waals surface area contributed by atoms with Crippen LogP contribution in [0.5, 0.6) is 0 Å². The van der Waals surface area contributed by atoms with Crippen LogP contribution in [0, 0.1) is 0 Å². The number of benzene rings is 3. The third kappa shape index (κ3) is 1.13. The highest BCUT2D eigenvalue weighted by Gasteiger charge is 2.15. The Balaban J connectivity index is 2.39. The number of thiophene rings is 1. The Morgan fingerprint density at radius 2 is 1.67 bits per heavy atom. The second-order valence-corrected chi connectivity index (χ2v) is 5.67. The van der Waals surface area contributed by atoms with Gasteiger partial charge in [-0.15, -0.1) is 11.3 Å². The number of carbonyl (C=O) groups is 1. The van der Waals surface area contributed by atoms with Gasteiger partial charge in [0.15, 0.2) is 5.78 Å². The van der Waals surface area contributed by atoms with Crippen LogP contribution in [0.4, 0.5) is 0 Å². The van der Waals surface area contributed by atoms with Crippen LogP contribution in [0.15, 0.2) is 42.5 Å². The zero-order chi connectivity index (χ0) is 12.3. The fourth-order valence-corrected chi connectivity index (χ4v) is 4.04. The van der Waals surface area contributed by atoms with Gasteiger partial charge in [0.25, 0.3) is 0 Å². The van der Waals surface area contributed by atoms with E-state index in [0.29, 0.717) is 0 Å². The van der Waals surface area contributed by atoms with Crippen molar-refractivity contribution in [1.29, 1.82) is 0 Å². The molecule has 0 aliphatic carbocycles. The Hall–Kier alpha value is -1.93. The number of hydrogen-bond acceptors (Lipinski definition) is 2. The van der Waals surface area contributed by atoms with Crippen molar-refractivity contribution >= 4 is 48.1 Å². The van der Waals surface area contributed by atoms with Crippen molar-refractivity contribution in [2.24, 2.45) is 0 Å². The molecule has 0 saturated carbocycles. The molecule has 1 aromatic heterocycles. The van der Waals surface area contributed by atoms with Gasteiger partial charge in [0.2, 0.25) is 0 Å². The molecule has 3 aromatic carbocycles. The molecule has 0 spiro atoms. The lowest BCUT2D eigenvalue weighted by atomic mass is 9.99. The fourth-order valence-electron chi connectivity index (χ4n) is 2.71. The molecule has 0 amide bonds. The molecule has 0 aliphatic heterocycles. The fraction of sp³-hybridized carbons (Fsp3) is 0.0625. The van der Waals surface area contributed by atoms with Gasteiger partial charge in [0.1, 0.15) is 0 Å². The van der Waals surface area contributed by atoms with E-state index in [2.05, 4.69) is 36.4 Å². The maximum atomic E-state index is 11.7. The molecular formula is C16H10OS. The Morgan fingerprint density at radius 3 is 2.44 bits per heavy atom. The molecule has 0 fully saturated rings. The normalized spacial score (nSPS) is 11.8. The van der Waals surface area contributed by atoms with Crippen molar-refractivity contribution in [3.8, 4) is 0 Å². The third-order valence-corrected chi connectivity index (χ3v) is 4.72. The Kier molecular flexibility index (Phi) is 1.84. The first kappa shape index (κ1) is 10.0. The minimum absolute atomic E-state index is 0.143. The van der Waals surface area contributed by atoms with Crippen molar-refractivity contribution in [3.63, 3.8) is 0 Å². The summed E-state index contributed by atoms with van der Waals surface area (Å²) < 4.78 is 2.40. The first-order valence-corrected chi connectivity index (χ1v) is 6.74. The average molecular weight is 250 g/mol. The van der Waals surface area contributed by atoms with E-state index in [1.54, 1.807) is 18.3 Å². The van der Waals surface area contributed by atoms with Crippen LogP contribution in [0.2, 0.25) is 0 Å². The average Bonchev–Trinajstić information content (AvgIpc) is 2.76. The monoisotopic (exact) mass is 250 g/mol. The summed E-state index contributed by atoms with van der Waals surface area (Å²) in [7, 11) is 0. The Bertz CT molecular complexity index is 901. The molecule has 0 unspecified atom stereocenters. The molecule has 0 atom stereocenters. The Morgan fingerprint density at radius 1 is 0.944 bits per heavy atom. The highest BCUT2D eigenvalue weighted by molar-refractivity contribution is 7.26. The van der Waals surface area contributed by atoms with Crippen LogP contribution in [0.25, 0.3) is 30.9 Å². The zero-order valence-electron chi connectivity index (χ0n) is 9.86. The summed E-state index contributed by atoms with van der Waals surface area (Å²) in [6.45, 7) is 1.64. The predicted molar refractivity (Wildman–Crippen MR) is 78.0 cm³/mol. The first-order valence-electron chi connectivity index (χ1n) is 5.93. The summed E-state index contributed by atoms with van der Waals surface area (Å²) in [5, 5.41) is 5.03. The van der Waals surface area contributed by atoms with E-state index in [9.17, 15) is 4.79 Å². The maximum absolute atomic E-state index is 11.7. The van der Waals surface area contributed by atoms with Crippen LogP contribution in [0.1, 0.15) is 17.3 Å². The summed E-state index contributed by atoms with van der Waals surface area (Å²) >= 11 is 1.72. The van der Waals surface area contributed by atoms with Gasteiger partial charge in [-0.1, -0.05) is 30.3 Å². The quantitative estimate of drug-likeness (QED) is 0.348. The largest absolute Gasteiger partial charge is 0.294 e. The second kappa shape index (κ2) is 3.30. The summed E-state index contributed by atoms with van der Waals surface area (Å²) in [6, 6.07) is 14.6. The predicted octanol–water partition coefficient (Wildman–Crippen LogP) is 4.85. The maximum Gasteiger partial charge on any atom is 0.161 e. The van der Waals surface area contributed by atoms with Gasteiger partial charge in [-0.3, -0.25) is 4.79 Å². The van der Waals surface area contributed by atoms with Gasteiger partial charge in [0, 0.05) is 25.7 Å². The third-order valence-electron chi connectivity index (χ3n) is 3.53. The van der Waals surface area contributed by atoms with Gasteiger partial charge in [-0.05, 0) is 29.8 Å². The van der Waals surface area contributed by atoms with Gasteiger partial charge >= 0.3 is 0 Å². The topological polar surface area (TPSA) is 17.1 Å². The van der Waals surface area contributed by atoms with E-state index in [0.717, 1.165) is 10.3 Å². The van der Waals surface area contributed by atoms with Crippen LogP contribution in [-0.4, -0.2) is 5.78 Å². The molecule has 0 aliphatic rings. The van der Waals surface area contributed by atoms with Gasteiger partial charge in [-0.2, -0.15) is 0 Å². The molecule has 86 valence electrons. The molecule has 4 aromatic rings. The number of rotatable bonds is 1. The van der Waals surface area contributed by atoms with Crippen LogP contribution in [-0.2, 0) is 0 Å². The lowest BCUT2D eigenvalue weighted by Crippen LogP contribution is -1.91. The van der Waals surface area contributed by atoms with E-state index in [1.807, 2.05) is 6.07 Å². The molecule has 0 bridgehead atoms. The van der Waals surface area contributed by atoms with Crippen molar-refractivity contribution < 1.29 is 4.79 Å². The molecule has 1 heterocycles. The molecule has 0 N–H and O–H groups in total. The van der Waals surface area contributed by atoms with Crippen LogP contribution in [0.3, 0.4) is 0 Å². The second-order valence-electron chi connectivity index (χ2n) is 4.62. The summed E-state index contributed by atoms with van der Waals surface area (Å²) in [5.74, 6) is 0.143. The van der Waals surface area contributed by atoms with Crippen molar-refractivity contribution in [2.45, 2.75) is 6.92 Å². The summed E-state index contributed by atoms with van der Waals surface area (Å²) in [6.07, 6.45) is 0.